The summed E-state index contributed by atoms with van der Waals surface area (Å²) in [4.78, 5) is 14.2. The zero-order valence-corrected chi connectivity index (χ0v) is 36.5. The molecule has 0 amide bonds. The number of furan rings is 1. The molecule has 289 valence electrons. The van der Waals surface area contributed by atoms with E-state index in [1.165, 1.54) is 11.6 Å². The minimum atomic E-state index is -2.38. The number of hydrogen-bond acceptors (Lipinski definition) is 4. The van der Waals surface area contributed by atoms with Crippen molar-refractivity contribution in [3.05, 3.63) is 144 Å². The Morgan fingerprint density at radius 1 is 0.911 bits per heavy atom. The molecule has 0 bridgehead atoms. The minimum Gasteiger partial charge on any atom is -0.486 e. The largest absolute Gasteiger partial charge is 0.486 e. The van der Waals surface area contributed by atoms with E-state index in [4.69, 9.17) is 19.9 Å². The molecule has 4 aromatic carbocycles. The molecule has 5 nitrogen and oxygen atoms in total. The zero-order chi connectivity index (χ0) is 42.5. The summed E-state index contributed by atoms with van der Waals surface area (Å²) >= 11 is 0. The first kappa shape index (κ1) is 35.6. The van der Waals surface area contributed by atoms with Crippen LogP contribution in [0.2, 0.25) is 19.6 Å². The Bertz CT molecular complexity index is 2800. The van der Waals surface area contributed by atoms with Crippen LogP contribution in [0.4, 0.5) is 4.39 Å². The second-order valence-electron chi connectivity index (χ2n) is 16.6. The third-order valence-electron chi connectivity index (χ3n) is 9.52. The van der Waals surface area contributed by atoms with Gasteiger partial charge in [-0.3, -0.25) is 9.37 Å². The van der Waals surface area contributed by atoms with Gasteiger partial charge in [0.15, 0.2) is 0 Å². The van der Waals surface area contributed by atoms with Crippen LogP contribution >= 0.6 is 0 Å². The molecular weight excluding hydrogens is 888 g/mol. The molecular formula is C48H49FIrN4OSi-2. The minimum absolute atomic E-state index is 0. The number of aryl methyl sites for hydroxylation is 1. The van der Waals surface area contributed by atoms with Crippen molar-refractivity contribution in [2.75, 3.05) is 0 Å². The normalized spacial score (nSPS) is 13.4. The van der Waals surface area contributed by atoms with Gasteiger partial charge in [-0.2, -0.15) is 0 Å². The average molecular weight is 941 g/mol. The third-order valence-corrected chi connectivity index (χ3v) is 11.5. The number of pyridine rings is 2. The summed E-state index contributed by atoms with van der Waals surface area (Å²) in [5, 5.41) is 3.13. The van der Waals surface area contributed by atoms with Gasteiger partial charge in [-0.15, -0.1) is 47.5 Å². The van der Waals surface area contributed by atoms with Gasteiger partial charge in [-0.1, -0.05) is 126 Å². The van der Waals surface area contributed by atoms with Gasteiger partial charge in [0.2, 0.25) is 5.71 Å². The number of benzene rings is 4. The van der Waals surface area contributed by atoms with Gasteiger partial charge in [-0.05, 0) is 58.4 Å². The van der Waals surface area contributed by atoms with Gasteiger partial charge in [0.1, 0.15) is 0 Å². The van der Waals surface area contributed by atoms with E-state index in [2.05, 4.69) is 123 Å². The van der Waals surface area contributed by atoms with E-state index in [0.29, 0.717) is 11.4 Å². The van der Waals surface area contributed by atoms with Crippen molar-refractivity contribution < 1.29 is 34.4 Å². The summed E-state index contributed by atoms with van der Waals surface area (Å²) in [5.74, 6) is -0.614. The fourth-order valence-electron chi connectivity index (χ4n) is 6.89. The predicted octanol–water partition coefficient (Wildman–Crippen LogP) is 12.1. The maximum atomic E-state index is 14.5. The maximum Gasteiger partial charge on any atom is 0.216 e. The van der Waals surface area contributed by atoms with Crippen LogP contribution in [0.5, 0.6) is 0 Å². The van der Waals surface area contributed by atoms with E-state index >= 15 is 0 Å². The Morgan fingerprint density at radius 2 is 1.66 bits per heavy atom. The van der Waals surface area contributed by atoms with Crippen LogP contribution in [0.1, 0.15) is 68.4 Å². The second-order valence-corrected chi connectivity index (χ2v) is 21.6. The number of para-hydroxylation sites is 2. The topological polar surface area (TPSA) is 56.7 Å². The van der Waals surface area contributed by atoms with Crippen LogP contribution in [-0.4, -0.2) is 27.6 Å². The Balaban J connectivity index is 0.000000208. The van der Waals surface area contributed by atoms with Crippen LogP contribution in [0, 0.1) is 30.2 Å². The molecule has 0 saturated carbocycles. The SMILES string of the molecule is CC(C)(C)Cc1ccc2c(n1)oc1c[c-]c(-c3nc4ccccc4n3Cc3ccccc3)cc12.[2H]C([2H])([2H])c1c[c-]c(-c2cc(C([2H])(C)C)c([Si](C)(C)C)cn2)c(F)c1.[Ir]. The molecule has 0 aliphatic rings. The quantitative estimate of drug-likeness (QED) is 0.118. The summed E-state index contributed by atoms with van der Waals surface area (Å²) in [5.41, 5.74) is 8.19. The molecule has 8 rings (SSSR count). The molecule has 1 radical (unpaired) electrons. The van der Waals surface area contributed by atoms with Crippen molar-refractivity contribution in [2.45, 2.75) is 80.0 Å². The van der Waals surface area contributed by atoms with Crippen LogP contribution in [0.25, 0.3) is 55.7 Å². The van der Waals surface area contributed by atoms with E-state index in [0.717, 1.165) is 74.3 Å². The van der Waals surface area contributed by atoms with Crippen molar-refractivity contribution in [2.24, 2.45) is 5.41 Å². The average Bonchev–Trinajstić information content (AvgIpc) is 3.71. The van der Waals surface area contributed by atoms with Crippen molar-refractivity contribution in [3.63, 3.8) is 0 Å². The Kier molecular flexibility index (Phi) is 10.4. The Labute approximate surface area is 350 Å². The molecule has 0 N–H and O–H groups in total. The molecule has 0 fully saturated rings. The predicted molar refractivity (Wildman–Crippen MR) is 228 cm³/mol. The summed E-state index contributed by atoms with van der Waals surface area (Å²) in [6.45, 7) is 15.2. The van der Waals surface area contributed by atoms with Gasteiger partial charge >= 0.3 is 0 Å². The van der Waals surface area contributed by atoms with Gasteiger partial charge in [0.25, 0.3) is 0 Å². The van der Waals surface area contributed by atoms with Crippen molar-refractivity contribution in [1.82, 2.24) is 19.5 Å². The smallest absolute Gasteiger partial charge is 0.216 e. The first-order chi connectivity index (χ1) is 27.7. The van der Waals surface area contributed by atoms with E-state index in [9.17, 15) is 4.39 Å². The van der Waals surface area contributed by atoms with E-state index in [1.807, 2.05) is 18.2 Å². The number of aromatic nitrogens is 4. The van der Waals surface area contributed by atoms with E-state index in [-0.39, 0.29) is 36.6 Å². The summed E-state index contributed by atoms with van der Waals surface area (Å²) < 4.78 is 53.4. The summed E-state index contributed by atoms with van der Waals surface area (Å²) in [6.07, 6.45) is 2.64. The van der Waals surface area contributed by atoms with E-state index in [1.54, 1.807) is 26.1 Å². The van der Waals surface area contributed by atoms with Crippen molar-refractivity contribution in [3.8, 4) is 22.6 Å². The standard InChI is InChI=1S/C30H26N3O.C18H23FNSi.Ir/c1-30(2,3)18-22-14-15-23-24-17-21(13-16-27(24)34-29(23)31-22)28-32-25-11-7-8-12-26(25)33(28)19-20-9-5-4-6-10-20;1-12(2)15-10-17(20-11-18(15)21(4,5)6)14-8-7-13(3)9-16(14)19;/h4-12,14-17H,18-19H2,1-3H3;7,9-12H,1-6H3;/q2*-1;/i;3D3,12D;. The van der Waals surface area contributed by atoms with Crippen molar-refractivity contribution >= 4 is 46.4 Å². The molecule has 0 spiro atoms. The number of rotatable bonds is 7. The van der Waals surface area contributed by atoms with Crippen LogP contribution < -0.4 is 5.19 Å². The first-order valence-electron chi connectivity index (χ1n) is 20.6. The zero-order valence-electron chi connectivity index (χ0n) is 37.1. The van der Waals surface area contributed by atoms with Gasteiger partial charge in [0.05, 0.1) is 30.5 Å². The molecule has 4 heterocycles. The van der Waals surface area contributed by atoms with Gasteiger partial charge in [0, 0.05) is 55.2 Å². The molecule has 4 aromatic heterocycles. The van der Waals surface area contributed by atoms with Crippen LogP contribution in [0.15, 0.2) is 108 Å². The first-order valence-corrected chi connectivity index (χ1v) is 22.1. The molecule has 0 atom stereocenters. The number of nitrogens with zero attached hydrogens (tertiary/aromatic N) is 4. The van der Waals surface area contributed by atoms with Crippen LogP contribution in [0.3, 0.4) is 0 Å². The summed E-state index contributed by atoms with van der Waals surface area (Å²) in [6, 6.07) is 37.2. The third kappa shape index (κ3) is 8.94. The molecule has 8 heteroatoms. The van der Waals surface area contributed by atoms with E-state index < -0.39 is 26.6 Å². The maximum absolute atomic E-state index is 14.5. The van der Waals surface area contributed by atoms with Crippen molar-refractivity contribution in [1.29, 1.82) is 0 Å². The Morgan fingerprint density at radius 3 is 2.36 bits per heavy atom. The Hall–Kier alpha value is -4.75. The molecule has 0 saturated heterocycles. The molecule has 8 aromatic rings. The number of halogens is 1. The van der Waals surface area contributed by atoms with Gasteiger partial charge < -0.3 is 14.0 Å². The number of imidazole rings is 1. The number of fused-ring (bicyclic) bond motifs is 4. The second kappa shape index (κ2) is 16.4. The fraction of sp³-hybridized carbons (Fsp3) is 0.271. The summed E-state index contributed by atoms with van der Waals surface area (Å²) in [7, 11) is -1.72. The molecule has 56 heavy (non-hydrogen) atoms. The van der Waals surface area contributed by atoms with Gasteiger partial charge in [-0.25, -0.2) is 4.98 Å². The fourth-order valence-corrected chi connectivity index (χ4v) is 8.47. The molecule has 0 unspecified atom stereocenters. The van der Waals surface area contributed by atoms with Crippen LogP contribution in [-0.2, 0) is 33.1 Å². The monoisotopic (exact) mass is 941 g/mol. The molecule has 0 aliphatic heterocycles. The molecule has 0 aliphatic carbocycles. The number of hydrogen-bond donors (Lipinski definition) is 0.